The van der Waals surface area contributed by atoms with Gasteiger partial charge < -0.3 is 10.2 Å². The second kappa shape index (κ2) is 4.46. The summed E-state index contributed by atoms with van der Waals surface area (Å²) < 4.78 is 0. The number of rotatable bonds is 2. The van der Waals surface area contributed by atoms with Gasteiger partial charge in [-0.15, -0.1) is 10.2 Å². The maximum Gasteiger partial charge on any atom is 0.167 e. The summed E-state index contributed by atoms with van der Waals surface area (Å²) in [6, 6.07) is 0. The lowest BCUT2D eigenvalue weighted by molar-refractivity contribution is 0.199. The van der Waals surface area contributed by atoms with Gasteiger partial charge in [-0.05, 0) is 13.3 Å². The first-order chi connectivity index (χ1) is 9.74. The molecule has 2 saturated heterocycles. The van der Waals surface area contributed by atoms with Gasteiger partial charge in [-0.25, -0.2) is 4.98 Å². The Morgan fingerprint density at radius 3 is 2.85 bits per heavy atom. The third kappa shape index (κ3) is 1.97. The minimum Gasteiger partial charge on any atom is -0.355 e. The van der Waals surface area contributed by atoms with Gasteiger partial charge in [-0.3, -0.25) is 4.98 Å². The van der Waals surface area contributed by atoms with Crippen LogP contribution < -0.4 is 10.2 Å². The first-order valence-corrected chi connectivity index (χ1v) is 7.64. The summed E-state index contributed by atoms with van der Waals surface area (Å²) in [6.45, 7) is 6.35. The molecule has 2 aromatic heterocycles. The fourth-order valence-corrected chi connectivity index (χ4v) is 3.55. The lowest BCUT2D eigenvalue weighted by Gasteiger charge is -2.39. The van der Waals surface area contributed by atoms with Crippen LogP contribution in [0, 0.1) is 12.3 Å². The molecule has 7 heteroatoms. The Hall–Kier alpha value is -1.60. The highest BCUT2D eigenvalue weighted by Gasteiger charge is 2.43. The number of aromatic nitrogens is 4. The Bertz CT molecular complexity index is 635. The minimum absolute atomic E-state index is 0.469. The van der Waals surface area contributed by atoms with Crippen LogP contribution in [0.5, 0.6) is 0 Å². The van der Waals surface area contributed by atoms with Gasteiger partial charge in [0.05, 0.1) is 12.4 Å². The predicted octanol–water partition coefficient (Wildman–Crippen LogP) is 1.10. The molecule has 20 heavy (non-hydrogen) atoms. The quantitative estimate of drug-likeness (QED) is 0.893. The Morgan fingerprint density at radius 2 is 2.20 bits per heavy atom. The lowest BCUT2D eigenvalue weighted by Crippen LogP contribution is -2.54. The van der Waals surface area contributed by atoms with E-state index in [0.29, 0.717) is 5.41 Å². The predicted molar refractivity (Wildman–Crippen MR) is 77.8 cm³/mol. The summed E-state index contributed by atoms with van der Waals surface area (Å²) in [4.78, 5) is 11.4. The first kappa shape index (κ1) is 12.2. The lowest BCUT2D eigenvalue weighted by atomic mass is 9.81. The van der Waals surface area contributed by atoms with Crippen molar-refractivity contribution in [2.45, 2.75) is 13.3 Å². The van der Waals surface area contributed by atoms with E-state index in [-0.39, 0.29) is 0 Å². The summed E-state index contributed by atoms with van der Waals surface area (Å²) in [5, 5.41) is 13.4. The highest BCUT2D eigenvalue weighted by molar-refractivity contribution is 7.14. The average molecular weight is 288 g/mol. The van der Waals surface area contributed by atoms with E-state index in [4.69, 9.17) is 4.98 Å². The van der Waals surface area contributed by atoms with Crippen molar-refractivity contribution in [3.8, 4) is 10.7 Å². The molecule has 2 aliphatic heterocycles. The van der Waals surface area contributed by atoms with Gasteiger partial charge in [0.25, 0.3) is 0 Å². The van der Waals surface area contributed by atoms with Crippen molar-refractivity contribution in [2.24, 2.45) is 5.41 Å². The summed E-state index contributed by atoms with van der Waals surface area (Å²) in [7, 11) is 0. The molecular weight excluding hydrogens is 272 g/mol. The molecular formula is C13H16N6S. The van der Waals surface area contributed by atoms with Crippen LogP contribution in [0.2, 0.25) is 0 Å². The molecule has 1 spiro atoms. The molecule has 0 radical (unpaired) electrons. The van der Waals surface area contributed by atoms with Crippen molar-refractivity contribution >= 4 is 17.2 Å². The maximum atomic E-state index is 4.71. The number of hydrogen-bond donors (Lipinski definition) is 1. The van der Waals surface area contributed by atoms with Crippen molar-refractivity contribution in [1.29, 1.82) is 0 Å². The van der Waals surface area contributed by atoms with E-state index < -0.39 is 0 Å². The SMILES string of the molecule is Cc1nnc(-c2cncc(N3CCC4(CNC4)C3)n2)s1. The van der Waals surface area contributed by atoms with E-state index in [1.807, 2.05) is 13.1 Å². The van der Waals surface area contributed by atoms with Crippen LogP contribution in [0.25, 0.3) is 10.7 Å². The number of hydrogen-bond acceptors (Lipinski definition) is 7. The minimum atomic E-state index is 0.469. The van der Waals surface area contributed by atoms with Gasteiger partial charge in [0.1, 0.15) is 16.5 Å². The standard InChI is InChI=1S/C13H16N6S/c1-9-17-18-12(20-9)10-4-14-5-11(16-10)19-3-2-13(8-19)6-15-7-13/h4-5,15H,2-3,6-8H2,1H3. The van der Waals surface area contributed by atoms with Gasteiger partial charge in [-0.1, -0.05) is 11.3 Å². The monoisotopic (exact) mass is 288 g/mol. The van der Waals surface area contributed by atoms with Crippen LogP contribution in [-0.2, 0) is 0 Å². The third-order valence-corrected chi connectivity index (χ3v) is 4.99. The smallest absolute Gasteiger partial charge is 0.167 e. The van der Waals surface area contributed by atoms with Gasteiger partial charge in [-0.2, -0.15) is 0 Å². The molecule has 104 valence electrons. The zero-order valence-electron chi connectivity index (χ0n) is 11.3. The Morgan fingerprint density at radius 1 is 1.30 bits per heavy atom. The molecule has 0 aliphatic carbocycles. The normalized spacial score (nSPS) is 20.4. The topological polar surface area (TPSA) is 66.8 Å². The molecule has 0 aromatic carbocycles. The molecule has 0 atom stereocenters. The summed E-state index contributed by atoms with van der Waals surface area (Å²) in [5.74, 6) is 0.958. The molecule has 2 fully saturated rings. The zero-order chi connectivity index (χ0) is 13.6. The van der Waals surface area contributed by atoms with Gasteiger partial charge in [0, 0.05) is 31.6 Å². The van der Waals surface area contributed by atoms with Crippen molar-refractivity contribution in [2.75, 3.05) is 31.1 Å². The molecule has 0 unspecified atom stereocenters. The first-order valence-electron chi connectivity index (χ1n) is 6.82. The third-order valence-electron chi connectivity index (χ3n) is 4.13. The van der Waals surface area contributed by atoms with Crippen LogP contribution in [-0.4, -0.2) is 46.3 Å². The summed E-state index contributed by atoms with van der Waals surface area (Å²) in [6.07, 6.45) is 4.85. The van der Waals surface area contributed by atoms with Gasteiger partial charge >= 0.3 is 0 Å². The molecule has 2 aromatic rings. The highest BCUT2D eigenvalue weighted by atomic mass is 32.1. The van der Waals surface area contributed by atoms with Crippen molar-refractivity contribution in [3.63, 3.8) is 0 Å². The van der Waals surface area contributed by atoms with Crippen LogP contribution in [0.4, 0.5) is 5.82 Å². The van der Waals surface area contributed by atoms with E-state index in [9.17, 15) is 0 Å². The largest absolute Gasteiger partial charge is 0.355 e. The van der Waals surface area contributed by atoms with E-state index in [0.717, 1.165) is 47.7 Å². The van der Waals surface area contributed by atoms with E-state index in [1.165, 1.54) is 6.42 Å². The van der Waals surface area contributed by atoms with Crippen molar-refractivity contribution < 1.29 is 0 Å². The second-order valence-corrected chi connectivity index (χ2v) is 6.85. The van der Waals surface area contributed by atoms with Crippen LogP contribution in [0.3, 0.4) is 0 Å². The number of nitrogens with zero attached hydrogens (tertiary/aromatic N) is 5. The van der Waals surface area contributed by atoms with Crippen LogP contribution >= 0.6 is 11.3 Å². The van der Waals surface area contributed by atoms with Crippen LogP contribution in [0.15, 0.2) is 12.4 Å². The Labute approximate surface area is 121 Å². The molecule has 0 saturated carbocycles. The molecule has 6 nitrogen and oxygen atoms in total. The average Bonchev–Trinajstić information content (AvgIpc) is 3.05. The molecule has 4 heterocycles. The fourth-order valence-electron chi connectivity index (χ4n) is 2.91. The zero-order valence-corrected chi connectivity index (χ0v) is 12.2. The van der Waals surface area contributed by atoms with E-state index in [1.54, 1.807) is 17.5 Å². The molecule has 1 N–H and O–H groups in total. The fraction of sp³-hybridized carbons (Fsp3) is 0.538. The Kier molecular flexibility index (Phi) is 2.71. The number of aryl methyl sites for hydroxylation is 1. The molecule has 4 rings (SSSR count). The molecule has 0 amide bonds. The van der Waals surface area contributed by atoms with Crippen LogP contribution in [0.1, 0.15) is 11.4 Å². The number of anilines is 1. The molecule has 0 bridgehead atoms. The van der Waals surface area contributed by atoms with E-state index >= 15 is 0 Å². The summed E-state index contributed by atoms with van der Waals surface area (Å²) >= 11 is 1.55. The summed E-state index contributed by atoms with van der Waals surface area (Å²) in [5.41, 5.74) is 1.29. The Balaban J connectivity index is 1.60. The molecule has 2 aliphatic rings. The number of nitrogens with one attached hydrogen (secondary N) is 1. The second-order valence-electron chi connectivity index (χ2n) is 5.66. The van der Waals surface area contributed by atoms with Gasteiger partial charge in [0.15, 0.2) is 5.01 Å². The maximum absolute atomic E-state index is 4.71. The highest BCUT2D eigenvalue weighted by Crippen LogP contribution is 2.36. The van der Waals surface area contributed by atoms with E-state index in [2.05, 4.69) is 25.4 Å². The van der Waals surface area contributed by atoms with Gasteiger partial charge in [0.2, 0.25) is 0 Å². The van der Waals surface area contributed by atoms with Crippen molar-refractivity contribution in [3.05, 3.63) is 17.4 Å². The van der Waals surface area contributed by atoms with Crippen molar-refractivity contribution in [1.82, 2.24) is 25.5 Å².